The highest BCUT2D eigenvalue weighted by atomic mass is 16.5. The molecule has 2 atom stereocenters. The number of hydrogen-bond acceptors (Lipinski definition) is 5. The molecule has 0 fully saturated rings. The van der Waals surface area contributed by atoms with Gasteiger partial charge in [0.2, 0.25) is 11.7 Å². The molecule has 2 unspecified atom stereocenters. The molecular formula is C14H27N3O2. The van der Waals surface area contributed by atoms with Gasteiger partial charge in [-0.25, -0.2) is 0 Å². The van der Waals surface area contributed by atoms with E-state index in [1.165, 1.54) is 0 Å². The summed E-state index contributed by atoms with van der Waals surface area (Å²) < 4.78 is 10.9. The Kier molecular flexibility index (Phi) is 7.02. The van der Waals surface area contributed by atoms with E-state index in [0.29, 0.717) is 30.3 Å². The van der Waals surface area contributed by atoms with Gasteiger partial charge in [0.15, 0.2) is 0 Å². The van der Waals surface area contributed by atoms with Gasteiger partial charge in [-0.2, -0.15) is 4.98 Å². The third-order valence-electron chi connectivity index (χ3n) is 3.18. The van der Waals surface area contributed by atoms with Crippen molar-refractivity contribution < 1.29 is 9.26 Å². The van der Waals surface area contributed by atoms with E-state index in [9.17, 15) is 0 Å². The van der Waals surface area contributed by atoms with Crippen molar-refractivity contribution in [3.8, 4) is 0 Å². The van der Waals surface area contributed by atoms with E-state index in [4.69, 9.17) is 9.26 Å². The van der Waals surface area contributed by atoms with Crippen LogP contribution in [0.4, 0.5) is 0 Å². The Balaban J connectivity index is 2.67. The molecule has 1 N–H and O–H groups in total. The lowest BCUT2D eigenvalue weighted by Gasteiger charge is -2.19. The van der Waals surface area contributed by atoms with Gasteiger partial charge < -0.3 is 14.6 Å². The molecule has 5 heteroatoms. The Hall–Kier alpha value is -0.940. The molecule has 0 radical (unpaired) electrons. The van der Waals surface area contributed by atoms with E-state index in [2.05, 4.69) is 43.2 Å². The molecule has 0 aromatic carbocycles. The summed E-state index contributed by atoms with van der Waals surface area (Å²) >= 11 is 0. The quantitative estimate of drug-likeness (QED) is 0.747. The zero-order chi connectivity index (χ0) is 14.3. The predicted octanol–water partition coefficient (Wildman–Crippen LogP) is 2.73. The van der Waals surface area contributed by atoms with Gasteiger partial charge in [0.1, 0.15) is 6.10 Å². The largest absolute Gasteiger partial charge is 0.370 e. The van der Waals surface area contributed by atoms with Gasteiger partial charge in [-0.3, -0.25) is 0 Å². The topological polar surface area (TPSA) is 60.2 Å². The van der Waals surface area contributed by atoms with Crippen LogP contribution < -0.4 is 5.32 Å². The maximum atomic E-state index is 5.59. The van der Waals surface area contributed by atoms with Crippen LogP contribution in [-0.4, -0.2) is 29.3 Å². The predicted molar refractivity (Wildman–Crippen MR) is 75.0 cm³/mol. The van der Waals surface area contributed by atoms with E-state index in [0.717, 1.165) is 19.4 Å². The van der Waals surface area contributed by atoms with E-state index in [-0.39, 0.29) is 6.10 Å². The third kappa shape index (κ3) is 4.91. The van der Waals surface area contributed by atoms with E-state index in [1.54, 1.807) is 0 Å². The molecule has 1 aromatic heterocycles. The summed E-state index contributed by atoms with van der Waals surface area (Å²) in [6.07, 6.45) is 1.56. The number of hydrogen-bond donors (Lipinski definition) is 1. The summed E-state index contributed by atoms with van der Waals surface area (Å²) in [6, 6.07) is 0.366. The lowest BCUT2D eigenvalue weighted by atomic mass is 10.0. The van der Waals surface area contributed by atoms with Crippen LogP contribution in [0.2, 0.25) is 0 Å². The number of rotatable bonds is 9. The Morgan fingerprint density at radius 2 is 2.00 bits per heavy atom. The minimum absolute atomic E-state index is 0.0564. The number of nitrogens with one attached hydrogen (secondary N) is 1. The van der Waals surface area contributed by atoms with Crippen molar-refractivity contribution in [3.05, 3.63) is 11.7 Å². The van der Waals surface area contributed by atoms with Crippen molar-refractivity contribution in [2.75, 3.05) is 13.2 Å². The van der Waals surface area contributed by atoms with Gasteiger partial charge in [0.05, 0.1) is 0 Å². The molecule has 5 nitrogen and oxygen atoms in total. The molecule has 0 amide bonds. The molecule has 1 heterocycles. The maximum absolute atomic E-state index is 5.59. The first-order valence-corrected chi connectivity index (χ1v) is 7.29. The third-order valence-corrected chi connectivity index (χ3v) is 3.18. The van der Waals surface area contributed by atoms with Crippen LogP contribution in [0.25, 0.3) is 0 Å². The summed E-state index contributed by atoms with van der Waals surface area (Å²) in [7, 11) is 0. The highest BCUT2D eigenvalue weighted by Crippen LogP contribution is 2.18. The summed E-state index contributed by atoms with van der Waals surface area (Å²) in [4.78, 5) is 4.46. The molecule has 110 valence electrons. The fraction of sp³-hybridized carbons (Fsp3) is 0.857. The van der Waals surface area contributed by atoms with E-state index >= 15 is 0 Å². The number of aromatic nitrogens is 2. The van der Waals surface area contributed by atoms with Gasteiger partial charge in [-0.05, 0) is 25.8 Å². The molecule has 0 saturated carbocycles. The fourth-order valence-corrected chi connectivity index (χ4v) is 2.05. The van der Waals surface area contributed by atoms with Crippen LogP contribution in [0, 0.1) is 5.92 Å². The lowest BCUT2D eigenvalue weighted by molar-refractivity contribution is 0.0518. The van der Waals surface area contributed by atoms with Gasteiger partial charge >= 0.3 is 0 Å². The lowest BCUT2D eigenvalue weighted by Crippen LogP contribution is -2.35. The molecule has 1 rings (SSSR count). The average molecular weight is 269 g/mol. The number of ether oxygens (including phenoxy) is 1. The van der Waals surface area contributed by atoms with Crippen LogP contribution in [0.1, 0.15) is 58.9 Å². The zero-order valence-electron chi connectivity index (χ0n) is 12.8. The monoisotopic (exact) mass is 269 g/mol. The first-order chi connectivity index (χ1) is 9.12. The maximum Gasteiger partial charge on any atom is 0.228 e. The first-order valence-electron chi connectivity index (χ1n) is 7.29. The van der Waals surface area contributed by atoms with Gasteiger partial charge in [0, 0.05) is 19.1 Å². The summed E-state index contributed by atoms with van der Waals surface area (Å²) in [5.41, 5.74) is 0. The first kappa shape index (κ1) is 16.1. The summed E-state index contributed by atoms with van der Waals surface area (Å²) in [5, 5.41) is 7.49. The second kappa shape index (κ2) is 8.27. The summed E-state index contributed by atoms with van der Waals surface area (Å²) in [5.74, 6) is 1.88. The summed E-state index contributed by atoms with van der Waals surface area (Å²) in [6.45, 7) is 12.1. The molecule has 0 saturated heterocycles. The van der Waals surface area contributed by atoms with Crippen molar-refractivity contribution in [2.24, 2.45) is 5.92 Å². The number of likely N-dealkylation sites (N-methyl/N-ethyl adjacent to an activating group) is 1. The van der Waals surface area contributed by atoms with Crippen molar-refractivity contribution in [2.45, 2.75) is 59.6 Å². The minimum Gasteiger partial charge on any atom is -0.370 e. The highest BCUT2D eigenvalue weighted by molar-refractivity contribution is 4.93. The van der Waals surface area contributed by atoms with E-state index in [1.807, 2.05) is 6.92 Å². The molecule has 0 bridgehead atoms. The minimum atomic E-state index is -0.0564. The zero-order valence-corrected chi connectivity index (χ0v) is 12.8. The van der Waals surface area contributed by atoms with Crippen molar-refractivity contribution in [1.82, 2.24) is 15.5 Å². The smallest absolute Gasteiger partial charge is 0.228 e. The second-order valence-electron chi connectivity index (χ2n) is 5.01. The Bertz CT molecular complexity index is 352. The standard InChI is InChI=1S/C14H27N3O2/c1-6-12(18-8-3)14-16-13(19-17-14)9-11(10(4)5)15-7-2/h10-12,15H,6-9H2,1-5H3. The van der Waals surface area contributed by atoms with Crippen LogP contribution in [-0.2, 0) is 11.2 Å². The number of nitrogens with zero attached hydrogens (tertiary/aromatic N) is 2. The van der Waals surface area contributed by atoms with Crippen LogP contribution >= 0.6 is 0 Å². The molecule has 0 aliphatic carbocycles. The van der Waals surface area contributed by atoms with Crippen molar-refractivity contribution >= 4 is 0 Å². The highest BCUT2D eigenvalue weighted by Gasteiger charge is 2.20. The molecule has 19 heavy (non-hydrogen) atoms. The van der Waals surface area contributed by atoms with Gasteiger partial charge in [-0.15, -0.1) is 0 Å². The van der Waals surface area contributed by atoms with Gasteiger partial charge in [0.25, 0.3) is 0 Å². The average Bonchev–Trinajstić information content (AvgIpc) is 2.83. The van der Waals surface area contributed by atoms with Crippen molar-refractivity contribution in [3.63, 3.8) is 0 Å². The molecular weight excluding hydrogens is 242 g/mol. The molecule has 1 aromatic rings. The normalized spacial score (nSPS) is 14.8. The molecule has 0 spiro atoms. The van der Waals surface area contributed by atoms with Crippen LogP contribution in [0.5, 0.6) is 0 Å². The second-order valence-corrected chi connectivity index (χ2v) is 5.01. The van der Waals surface area contributed by atoms with Crippen LogP contribution in [0.3, 0.4) is 0 Å². The van der Waals surface area contributed by atoms with Crippen molar-refractivity contribution in [1.29, 1.82) is 0 Å². The van der Waals surface area contributed by atoms with Crippen LogP contribution in [0.15, 0.2) is 4.52 Å². The molecule has 0 aliphatic heterocycles. The SMILES string of the molecule is CCNC(Cc1nc(C(CC)OCC)no1)C(C)C. The Morgan fingerprint density at radius 1 is 1.26 bits per heavy atom. The van der Waals surface area contributed by atoms with Gasteiger partial charge in [-0.1, -0.05) is 32.9 Å². The Labute approximate surface area is 116 Å². The fourth-order valence-electron chi connectivity index (χ4n) is 2.05. The molecule has 0 aliphatic rings. The van der Waals surface area contributed by atoms with E-state index < -0.39 is 0 Å². The Morgan fingerprint density at radius 3 is 2.53 bits per heavy atom.